The number of thiophene rings is 1. The van der Waals surface area contributed by atoms with Crippen molar-refractivity contribution >= 4 is 56.1 Å². The number of sulfone groups is 1. The maximum Gasteiger partial charge on any atom is 0.188 e. The zero-order valence-corrected chi connectivity index (χ0v) is 14.1. The second-order valence-electron chi connectivity index (χ2n) is 4.45. The Morgan fingerprint density at radius 3 is 2.85 bits per heavy atom. The number of rotatable bonds is 2. The van der Waals surface area contributed by atoms with Crippen LogP contribution in [-0.2, 0) is 9.84 Å². The van der Waals surface area contributed by atoms with E-state index in [1.165, 1.54) is 11.3 Å². The van der Waals surface area contributed by atoms with Crippen LogP contribution < -0.4 is 0 Å². The number of hydrogen-bond donors (Lipinski definition) is 0. The zero-order chi connectivity index (χ0) is 14.3. The molecule has 0 bridgehead atoms. The second-order valence-corrected chi connectivity index (χ2v) is 9.76. The highest BCUT2D eigenvalue weighted by molar-refractivity contribution is 8.00. The standard InChI is InChI=1S/C13H10Cl2O2S3/c14-8-1-2-10(15)12(7-8)19-11-4-6-20(16,17)13-9(11)3-5-18-13/h1-3,5,7,11H,4,6H2/t11-/m0/s1. The van der Waals surface area contributed by atoms with E-state index in [1.807, 2.05) is 17.5 Å². The van der Waals surface area contributed by atoms with Gasteiger partial charge >= 0.3 is 0 Å². The molecule has 7 heteroatoms. The van der Waals surface area contributed by atoms with Gasteiger partial charge in [0.25, 0.3) is 0 Å². The Morgan fingerprint density at radius 2 is 2.05 bits per heavy atom. The summed E-state index contributed by atoms with van der Waals surface area (Å²) in [6, 6.07) is 7.23. The number of fused-ring (bicyclic) bond motifs is 1. The van der Waals surface area contributed by atoms with Crippen molar-refractivity contribution in [3.05, 3.63) is 45.3 Å². The molecule has 1 aliphatic rings. The third-order valence-corrected chi connectivity index (χ3v) is 8.49. The SMILES string of the molecule is O=S1(=O)CC[C@H](Sc2cc(Cl)ccc2Cl)c2ccsc21. The minimum absolute atomic E-state index is 0.107. The van der Waals surface area contributed by atoms with Gasteiger partial charge < -0.3 is 0 Å². The predicted octanol–water partition coefficient (Wildman–Crippen LogP) is 5.07. The molecule has 2 nitrogen and oxygen atoms in total. The average molecular weight is 365 g/mol. The van der Waals surface area contributed by atoms with Crippen LogP contribution in [0.25, 0.3) is 0 Å². The van der Waals surface area contributed by atoms with Gasteiger partial charge in [-0.2, -0.15) is 0 Å². The van der Waals surface area contributed by atoms with Crippen molar-refractivity contribution in [2.45, 2.75) is 20.8 Å². The van der Waals surface area contributed by atoms with Gasteiger partial charge in [0, 0.05) is 15.2 Å². The molecule has 0 N–H and O–H groups in total. The monoisotopic (exact) mass is 364 g/mol. The van der Waals surface area contributed by atoms with Crippen molar-refractivity contribution in [2.75, 3.05) is 5.75 Å². The van der Waals surface area contributed by atoms with Crippen LogP contribution in [0.4, 0.5) is 0 Å². The normalized spacial score (nSPS) is 20.6. The molecule has 1 aromatic carbocycles. The van der Waals surface area contributed by atoms with E-state index in [4.69, 9.17) is 23.2 Å². The Balaban J connectivity index is 1.96. The van der Waals surface area contributed by atoms with Gasteiger partial charge in [-0.25, -0.2) is 8.42 Å². The lowest BCUT2D eigenvalue weighted by Gasteiger charge is -2.22. The molecule has 2 aromatic rings. The lowest BCUT2D eigenvalue weighted by Crippen LogP contribution is -2.16. The smallest absolute Gasteiger partial charge is 0.188 e. The Bertz CT molecular complexity index is 753. The first-order valence-electron chi connectivity index (χ1n) is 5.89. The first-order chi connectivity index (χ1) is 9.47. The van der Waals surface area contributed by atoms with Crippen molar-refractivity contribution in [2.24, 2.45) is 0 Å². The van der Waals surface area contributed by atoms with Crippen LogP contribution in [0.1, 0.15) is 17.2 Å². The zero-order valence-electron chi connectivity index (χ0n) is 10.2. The molecule has 0 unspecified atom stereocenters. The predicted molar refractivity (Wildman–Crippen MR) is 86.0 cm³/mol. The summed E-state index contributed by atoms with van der Waals surface area (Å²) in [5.41, 5.74) is 0.891. The lowest BCUT2D eigenvalue weighted by atomic mass is 10.2. The maximum absolute atomic E-state index is 12.0. The molecule has 1 aliphatic heterocycles. The molecule has 2 heterocycles. The van der Waals surface area contributed by atoms with E-state index >= 15 is 0 Å². The van der Waals surface area contributed by atoms with Gasteiger partial charge in [-0.15, -0.1) is 23.1 Å². The van der Waals surface area contributed by atoms with Gasteiger partial charge in [-0.1, -0.05) is 23.2 Å². The average Bonchev–Trinajstić information content (AvgIpc) is 2.88. The molecule has 0 radical (unpaired) electrons. The summed E-state index contributed by atoms with van der Waals surface area (Å²) < 4.78 is 24.5. The summed E-state index contributed by atoms with van der Waals surface area (Å²) in [6.45, 7) is 0. The summed E-state index contributed by atoms with van der Waals surface area (Å²) in [4.78, 5) is 0.889. The third-order valence-electron chi connectivity index (χ3n) is 3.10. The Hall–Kier alpha value is -0.200. The van der Waals surface area contributed by atoms with E-state index < -0.39 is 9.84 Å². The van der Waals surface area contributed by atoms with Crippen LogP contribution in [0, 0.1) is 0 Å². The van der Waals surface area contributed by atoms with Gasteiger partial charge in [0.15, 0.2) is 9.84 Å². The van der Waals surface area contributed by atoms with Crippen molar-refractivity contribution in [1.29, 1.82) is 0 Å². The highest BCUT2D eigenvalue weighted by Gasteiger charge is 2.32. The van der Waals surface area contributed by atoms with Crippen molar-refractivity contribution in [1.82, 2.24) is 0 Å². The van der Waals surface area contributed by atoms with Gasteiger partial charge in [0.1, 0.15) is 4.21 Å². The minimum Gasteiger partial charge on any atom is -0.223 e. The summed E-state index contributed by atoms with van der Waals surface area (Å²) >= 11 is 15.0. The van der Waals surface area contributed by atoms with Gasteiger partial charge in [0.2, 0.25) is 0 Å². The van der Waals surface area contributed by atoms with Crippen LogP contribution in [-0.4, -0.2) is 14.2 Å². The van der Waals surface area contributed by atoms with Gasteiger partial charge in [-0.3, -0.25) is 0 Å². The molecule has 20 heavy (non-hydrogen) atoms. The molecule has 106 valence electrons. The fourth-order valence-electron chi connectivity index (χ4n) is 2.15. The molecule has 0 saturated heterocycles. The van der Waals surface area contributed by atoms with Crippen LogP contribution >= 0.6 is 46.3 Å². The third kappa shape index (κ3) is 2.74. The fourth-order valence-corrected chi connectivity index (χ4v) is 7.17. The number of halogens is 2. The first kappa shape index (κ1) is 14.7. The molecule has 1 atom stereocenters. The molecular formula is C13H10Cl2O2S3. The van der Waals surface area contributed by atoms with Crippen LogP contribution in [0.5, 0.6) is 0 Å². The Morgan fingerprint density at radius 1 is 1.25 bits per heavy atom. The molecule has 1 aromatic heterocycles. The molecule has 0 spiro atoms. The van der Waals surface area contributed by atoms with Crippen molar-refractivity contribution < 1.29 is 8.42 Å². The van der Waals surface area contributed by atoms with E-state index in [-0.39, 0.29) is 11.0 Å². The maximum atomic E-state index is 12.0. The van der Waals surface area contributed by atoms with Crippen molar-refractivity contribution in [3.8, 4) is 0 Å². The topological polar surface area (TPSA) is 34.1 Å². The summed E-state index contributed by atoms with van der Waals surface area (Å²) in [7, 11) is -3.10. The van der Waals surface area contributed by atoms with Gasteiger partial charge in [0.05, 0.1) is 10.8 Å². The van der Waals surface area contributed by atoms with E-state index in [2.05, 4.69) is 0 Å². The van der Waals surface area contributed by atoms with Gasteiger partial charge in [-0.05, 0) is 41.6 Å². The molecule has 3 rings (SSSR count). The summed E-state index contributed by atoms with van der Waals surface area (Å²) in [5.74, 6) is 0.191. The number of hydrogen-bond acceptors (Lipinski definition) is 4. The van der Waals surface area contributed by atoms with E-state index in [0.29, 0.717) is 20.7 Å². The second kappa shape index (κ2) is 5.54. The molecular weight excluding hydrogens is 355 g/mol. The summed E-state index contributed by atoms with van der Waals surface area (Å²) in [5, 5.41) is 3.21. The Kier molecular flexibility index (Phi) is 4.08. The summed E-state index contributed by atoms with van der Waals surface area (Å²) in [6.07, 6.45) is 0.597. The lowest BCUT2D eigenvalue weighted by molar-refractivity contribution is 0.588. The number of benzene rings is 1. The minimum atomic E-state index is -3.10. The first-order valence-corrected chi connectivity index (χ1v) is 10.1. The molecule has 0 saturated carbocycles. The van der Waals surface area contributed by atoms with Crippen LogP contribution in [0.15, 0.2) is 38.8 Å². The fraction of sp³-hybridized carbons (Fsp3) is 0.231. The molecule has 0 fully saturated rings. The number of thioether (sulfide) groups is 1. The highest BCUT2D eigenvalue weighted by Crippen LogP contribution is 2.47. The van der Waals surface area contributed by atoms with Crippen LogP contribution in [0.2, 0.25) is 10.0 Å². The van der Waals surface area contributed by atoms with E-state index in [1.54, 1.807) is 23.9 Å². The molecule has 0 amide bonds. The largest absolute Gasteiger partial charge is 0.223 e. The highest BCUT2D eigenvalue weighted by atomic mass is 35.5. The van der Waals surface area contributed by atoms with E-state index in [9.17, 15) is 8.42 Å². The van der Waals surface area contributed by atoms with Crippen LogP contribution in [0.3, 0.4) is 0 Å². The molecule has 0 aliphatic carbocycles. The van der Waals surface area contributed by atoms with Crippen molar-refractivity contribution in [3.63, 3.8) is 0 Å². The van der Waals surface area contributed by atoms with E-state index in [0.717, 1.165) is 10.5 Å². The Labute approximate surface area is 136 Å². The quantitative estimate of drug-likeness (QED) is 0.746.